The Morgan fingerprint density at radius 3 is 2.71 bits per heavy atom. The number of benzene rings is 1. The van der Waals surface area contributed by atoms with E-state index >= 15 is 0 Å². The summed E-state index contributed by atoms with van der Waals surface area (Å²) >= 11 is 0. The van der Waals surface area contributed by atoms with E-state index in [-0.39, 0.29) is 5.56 Å². The maximum Gasteiger partial charge on any atom is 0.336 e. The summed E-state index contributed by atoms with van der Waals surface area (Å²) in [6.07, 6.45) is 0.802. The molecule has 1 aromatic carbocycles. The number of carbonyl (C=O) groups is 1. The van der Waals surface area contributed by atoms with Crippen molar-refractivity contribution < 1.29 is 14.6 Å². The highest BCUT2D eigenvalue weighted by Crippen LogP contribution is 2.27. The number of aromatic nitrogens is 1. The van der Waals surface area contributed by atoms with Gasteiger partial charge in [0.15, 0.2) is 0 Å². The van der Waals surface area contributed by atoms with Gasteiger partial charge >= 0.3 is 5.97 Å². The Morgan fingerprint density at radius 1 is 1.35 bits per heavy atom. The highest BCUT2D eigenvalue weighted by molar-refractivity contribution is 6.04. The number of carboxylic acid groups (broad SMARTS) is 1. The Labute approximate surface area is 98.9 Å². The molecule has 0 atom stereocenters. The molecule has 0 spiro atoms. The number of ether oxygens (including phenoxy) is 1. The third kappa shape index (κ3) is 1.93. The van der Waals surface area contributed by atoms with Gasteiger partial charge in [-0.3, -0.25) is 0 Å². The van der Waals surface area contributed by atoms with Gasteiger partial charge in [-0.2, -0.15) is 0 Å². The zero-order valence-corrected chi connectivity index (χ0v) is 9.73. The Hall–Kier alpha value is -2.10. The van der Waals surface area contributed by atoms with E-state index in [0.29, 0.717) is 16.7 Å². The second kappa shape index (κ2) is 4.41. The second-order valence-electron chi connectivity index (χ2n) is 3.67. The molecule has 0 saturated heterocycles. The maximum atomic E-state index is 11.1. The molecule has 0 amide bonds. The molecule has 4 heteroatoms. The van der Waals surface area contributed by atoms with E-state index in [0.717, 1.165) is 12.1 Å². The number of pyridine rings is 1. The van der Waals surface area contributed by atoms with Crippen molar-refractivity contribution in [1.82, 2.24) is 4.98 Å². The molecule has 0 unspecified atom stereocenters. The second-order valence-corrected chi connectivity index (χ2v) is 3.67. The molecule has 0 fully saturated rings. The quantitative estimate of drug-likeness (QED) is 0.881. The summed E-state index contributed by atoms with van der Waals surface area (Å²) in [4.78, 5) is 15.5. The summed E-state index contributed by atoms with van der Waals surface area (Å²) in [5, 5.41) is 9.71. The zero-order chi connectivity index (χ0) is 12.4. The molecule has 1 aromatic heterocycles. The lowest BCUT2D eigenvalue weighted by atomic mass is 10.1. The number of carboxylic acids is 1. The molecule has 0 aliphatic heterocycles. The van der Waals surface area contributed by atoms with E-state index < -0.39 is 5.97 Å². The molecule has 0 bridgehead atoms. The van der Waals surface area contributed by atoms with E-state index in [1.807, 2.05) is 13.0 Å². The minimum absolute atomic E-state index is 0.246. The van der Waals surface area contributed by atoms with Gasteiger partial charge in [-0.1, -0.05) is 6.92 Å². The Morgan fingerprint density at radius 2 is 2.12 bits per heavy atom. The van der Waals surface area contributed by atoms with Crippen molar-refractivity contribution in [1.29, 1.82) is 0 Å². The summed E-state index contributed by atoms with van der Waals surface area (Å²) in [6.45, 7) is 2.00. The number of nitrogens with zero attached hydrogens (tertiary/aromatic N) is 1. The van der Waals surface area contributed by atoms with Gasteiger partial charge in [0.25, 0.3) is 0 Å². The molecule has 1 N–H and O–H groups in total. The first kappa shape index (κ1) is 11.4. The zero-order valence-electron chi connectivity index (χ0n) is 9.73. The fraction of sp³-hybridized carbons (Fsp3) is 0.231. The van der Waals surface area contributed by atoms with Gasteiger partial charge in [0.2, 0.25) is 0 Å². The highest BCUT2D eigenvalue weighted by atomic mass is 16.5. The fourth-order valence-corrected chi connectivity index (χ4v) is 1.78. The molecule has 4 nitrogen and oxygen atoms in total. The molecule has 0 radical (unpaired) electrons. The van der Waals surface area contributed by atoms with Crippen LogP contribution in [0.15, 0.2) is 24.3 Å². The number of aromatic carboxylic acids is 1. The van der Waals surface area contributed by atoms with Gasteiger partial charge in [0.1, 0.15) is 11.3 Å². The number of hydrogen-bond donors (Lipinski definition) is 1. The fourth-order valence-electron chi connectivity index (χ4n) is 1.78. The first-order valence-corrected chi connectivity index (χ1v) is 5.37. The van der Waals surface area contributed by atoms with Crippen LogP contribution in [0.3, 0.4) is 0 Å². The topological polar surface area (TPSA) is 59.4 Å². The third-order valence-electron chi connectivity index (χ3n) is 2.69. The van der Waals surface area contributed by atoms with Crippen molar-refractivity contribution in [2.75, 3.05) is 7.11 Å². The van der Waals surface area contributed by atoms with E-state index in [4.69, 9.17) is 9.84 Å². The summed E-state index contributed by atoms with van der Waals surface area (Å²) in [7, 11) is 1.55. The SMILES string of the molecule is CCc1ccc2c(C(=O)O)ccc(OC)c2n1. The average Bonchev–Trinajstić information content (AvgIpc) is 2.36. The van der Waals surface area contributed by atoms with Crippen molar-refractivity contribution >= 4 is 16.9 Å². The number of fused-ring (bicyclic) bond motifs is 1. The van der Waals surface area contributed by atoms with Crippen LogP contribution in [0.2, 0.25) is 0 Å². The van der Waals surface area contributed by atoms with Gasteiger partial charge in [-0.25, -0.2) is 9.78 Å². The van der Waals surface area contributed by atoms with Crippen LogP contribution in [0.1, 0.15) is 23.0 Å². The van der Waals surface area contributed by atoms with E-state index in [1.54, 1.807) is 19.2 Å². The third-order valence-corrected chi connectivity index (χ3v) is 2.69. The first-order valence-electron chi connectivity index (χ1n) is 5.37. The van der Waals surface area contributed by atoms with Crippen LogP contribution in [0.5, 0.6) is 5.75 Å². The van der Waals surface area contributed by atoms with Crippen LogP contribution < -0.4 is 4.74 Å². The van der Waals surface area contributed by atoms with Crippen LogP contribution in [0, 0.1) is 0 Å². The standard InChI is InChI=1S/C13H13NO3/c1-3-8-4-5-9-10(13(15)16)6-7-11(17-2)12(9)14-8/h4-7H,3H2,1-2H3,(H,15,16). The van der Waals surface area contributed by atoms with Gasteiger partial charge in [-0.15, -0.1) is 0 Å². The molecule has 0 saturated carbocycles. The number of hydrogen-bond acceptors (Lipinski definition) is 3. The molecule has 0 aliphatic carbocycles. The number of rotatable bonds is 3. The van der Waals surface area contributed by atoms with Crippen molar-refractivity contribution in [2.24, 2.45) is 0 Å². The van der Waals surface area contributed by atoms with Gasteiger partial charge in [0.05, 0.1) is 12.7 Å². The van der Waals surface area contributed by atoms with Gasteiger partial charge in [0, 0.05) is 11.1 Å². The van der Waals surface area contributed by atoms with Crippen molar-refractivity contribution in [3.63, 3.8) is 0 Å². The van der Waals surface area contributed by atoms with E-state index in [1.165, 1.54) is 6.07 Å². The van der Waals surface area contributed by atoms with Crippen LogP contribution in [-0.2, 0) is 6.42 Å². The van der Waals surface area contributed by atoms with Crippen LogP contribution >= 0.6 is 0 Å². The van der Waals surface area contributed by atoms with Crippen molar-refractivity contribution in [2.45, 2.75) is 13.3 Å². The molecule has 1 heterocycles. The first-order chi connectivity index (χ1) is 8.17. The molecular formula is C13H13NO3. The largest absolute Gasteiger partial charge is 0.494 e. The van der Waals surface area contributed by atoms with Crippen molar-refractivity contribution in [3.05, 3.63) is 35.5 Å². The summed E-state index contributed by atoms with van der Waals surface area (Å²) < 4.78 is 5.21. The maximum absolute atomic E-state index is 11.1. The predicted octanol–water partition coefficient (Wildman–Crippen LogP) is 2.50. The van der Waals surface area contributed by atoms with Crippen LogP contribution in [-0.4, -0.2) is 23.2 Å². The van der Waals surface area contributed by atoms with Gasteiger partial charge in [-0.05, 0) is 30.7 Å². The lowest BCUT2D eigenvalue weighted by Crippen LogP contribution is -2.00. The molecule has 0 aliphatic rings. The summed E-state index contributed by atoms with van der Waals surface area (Å²) in [5.74, 6) is -0.357. The number of aryl methyl sites for hydroxylation is 1. The molecular weight excluding hydrogens is 218 g/mol. The van der Waals surface area contributed by atoms with Crippen molar-refractivity contribution in [3.8, 4) is 5.75 Å². The summed E-state index contributed by atoms with van der Waals surface area (Å²) in [6, 6.07) is 6.80. The monoisotopic (exact) mass is 231 g/mol. The minimum atomic E-state index is -0.955. The van der Waals surface area contributed by atoms with E-state index in [9.17, 15) is 4.79 Å². The predicted molar refractivity (Wildman–Crippen MR) is 64.6 cm³/mol. The molecule has 88 valence electrons. The normalized spacial score (nSPS) is 10.5. The number of methoxy groups -OCH3 is 1. The lowest BCUT2D eigenvalue weighted by Gasteiger charge is -2.08. The van der Waals surface area contributed by atoms with Gasteiger partial charge < -0.3 is 9.84 Å². The Bertz CT molecular complexity index is 578. The lowest BCUT2D eigenvalue weighted by molar-refractivity contribution is 0.0699. The van der Waals surface area contributed by atoms with Crippen LogP contribution in [0.4, 0.5) is 0 Å². The minimum Gasteiger partial charge on any atom is -0.494 e. The highest BCUT2D eigenvalue weighted by Gasteiger charge is 2.13. The smallest absolute Gasteiger partial charge is 0.336 e. The summed E-state index contributed by atoms with van der Waals surface area (Å²) in [5.41, 5.74) is 1.76. The van der Waals surface area contributed by atoms with Crippen LogP contribution in [0.25, 0.3) is 10.9 Å². The Balaban J connectivity index is 2.79. The van der Waals surface area contributed by atoms with E-state index in [2.05, 4.69) is 4.98 Å². The Kier molecular flexibility index (Phi) is 2.95. The molecule has 2 aromatic rings. The molecule has 2 rings (SSSR count). The molecule has 17 heavy (non-hydrogen) atoms. The average molecular weight is 231 g/mol.